The maximum Gasteiger partial charge on any atom is 0.0897 e. The molecule has 1 heterocycles. The minimum atomic E-state index is 0.638. The molecule has 1 aromatic heterocycles. The van der Waals surface area contributed by atoms with Crippen molar-refractivity contribution in [1.29, 1.82) is 0 Å². The lowest BCUT2D eigenvalue weighted by atomic mass is 10.1. The summed E-state index contributed by atoms with van der Waals surface area (Å²) in [5.74, 6) is 0.705. The first-order chi connectivity index (χ1) is 8.33. The molecule has 3 heteroatoms. The molecule has 1 aliphatic carbocycles. The summed E-state index contributed by atoms with van der Waals surface area (Å²) in [6.07, 6.45) is 1.26. The van der Waals surface area contributed by atoms with Gasteiger partial charge in [0.2, 0.25) is 0 Å². The SMILES string of the molecule is Cc1nc(CNC2CC2c2ccccc2)cs1. The predicted octanol–water partition coefficient (Wildman–Crippen LogP) is 3.10. The van der Waals surface area contributed by atoms with Gasteiger partial charge in [-0.25, -0.2) is 4.98 Å². The van der Waals surface area contributed by atoms with Gasteiger partial charge >= 0.3 is 0 Å². The standard InChI is InChI=1S/C14H16N2S/c1-10-16-12(9-17-10)8-15-14-7-13(14)11-5-3-2-4-6-11/h2-6,9,13-15H,7-8H2,1H3. The molecule has 88 valence electrons. The smallest absolute Gasteiger partial charge is 0.0897 e. The van der Waals surface area contributed by atoms with Crippen LogP contribution >= 0.6 is 11.3 Å². The number of nitrogens with one attached hydrogen (secondary N) is 1. The van der Waals surface area contributed by atoms with Crippen molar-refractivity contribution in [2.75, 3.05) is 0 Å². The van der Waals surface area contributed by atoms with E-state index in [2.05, 4.69) is 52.9 Å². The molecule has 2 nitrogen and oxygen atoms in total. The van der Waals surface area contributed by atoms with Crippen LogP contribution in [0.5, 0.6) is 0 Å². The van der Waals surface area contributed by atoms with Gasteiger partial charge in [0.1, 0.15) is 0 Å². The lowest BCUT2D eigenvalue weighted by molar-refractivity contribution is 0.662. The van der Waals surface area contributed by atoms with Crippen LogP contribution < -0.4 is 5.32 Å². The van der Waals surface area contributed by atoms with E-state index in [-0.39, 0.29) is 0 Å². The fraction of sp³-hybridized carbons (Fsp3) is 0.357. The van der Waals surface area contributed by atoms with Crippen LogP contribution in [0.2, 0.25) is 0 Å². The predicted molar refractivity (Wildman–Crippen MR) is 71.3 cm³/mol. The first kappa shape index (κ1) is 10.9. The summed E-state index contributed by atoms with van der Waals surface area (Å²) in [7, 11) is 0. The Morgan fingerprint density at radius 2 is 2.18 bits per heavy atom. The van der Waals surface area contributed by atoms with E-state index in [0.29, 0.717) is 12.0 Å². The molecule has 0 bridgehead atoms. The minimum Gasteiger partial charge on any atom is -0.308 e. The molecule has 0 amide bonds. The van der Waals surface area contributed by atoms with Crippen LogP contribution in [0.3, 0.4) is 0 Å². The summed E-state index contributed by atoms with van der Waals surface area (Å²) < 4.78 is 0. The molecule has 0 saturated heterocycles. The number of thiazole rings is 1. The van der Waals surface area contributed by atoms with E-state index in [1.54, 1.807) is 11.3 Å². The largest absolute Gasteiger partial charge is 0.308 e. The Hall–Kier alpha value is -1.19. The molecule has 0 radical (unpaired) electrons. The van der Waals surface area contributed by atoms with Crippen molar-refractivity contribution in [3.05, 3.63) is 52.0 Å². The second kappa shape index (κ2) is 4.59. The average molecular weight is 244 g/mol. The number of nitrogens with zero attached hydrogens (tertiary/aromatic N) is 1. The Labute approximate surface area is 106 Å². The van der Waals surface area contributed by atoms with Crippen LogP contribution in [-0.4, -0.2) is 11.0 Å². The van der Waals surface area contributed by atoms with Crippen molar-refractivity contribution in [3.63, 3.8) is 0 Å². The first-order valence-electron chi connectivity index (χ1n) is 6.02. The van der Waals surface area contributed by atoms with E-state index in [0.717, 1.165) is 11.6 Å². The summed E-state index contributed by atoms with van der Waals surface area (Å²) in [5, 5.41) is 6.87. The Morgan fingerprint density at radius 1 is 1.35 bits per heavy atom. The van der Waals surface area contributed by atoms with Crippen molar-refractivity contribution >= 4 is 11.3 Å². The maximum absolute atomic E-state index is 4.46. The molecule has 1 fully saturated rings. The molecule has 0 spiro atoms. The van der Waals surface area contributed by atoms with Crippen LogP contribution in [0.25, 0.3) is 0 Å². The van der Waals surface area contributed by atoms with E-state index in [4.69, 9.17) is 0 Å². The Kier molecular flexibility index (Phi) is 2.95. The van der Waals surface area contributed by atoms with Crippen molar-refractivity contribution < 1.29 is 0 Å². The van der Waals surface area contributed by atoms with E-state index < -0.39 is 0 Å². The zero-order chi connectivity index (χ0) is 11.7. The number of rotatable bonds is 4. The number of aryl methyl sites for hydroxylation is 1. The highest BCUT2D eigenvalue weighted by Gasteiger charge is 2.37. The Morgan fingerprint density at radius 3 is 2.88 bits per heavy atom. The zero-order valence-corrected chi connectivity index (χ0v) is 10.7. The highest BCUT2D eigenvalue weighted by Crippen LogP contribution is 2.40. The quantitative estimate of drug-likeness (QED) is 0.894. The van der Waals surface area contributed by atoms with Gasteiger partial charge in [-0.1, -0.05) is 30.3 Å². The van der Waals surface area contributed by atoms with Crippen LogP contribution in [0.15, 0.2) is 35.7 Å². The molecule has 17 heavy (non-hydrogen) atoms. The van der Waals surface area contributed by atoms with E-state index in [9.17, 15) is 0 Å². The van der Waals surface area contributed by atoms with Gasteiger partial charge in [-0.2, -0.15) is 0 Å². The topological polar surface area (TPSA) is 24.9 Å². The lowest BCUT2D eigenvalue weighted by Crippen LogP contribution is -2.17. The second-order valence-corrected chi connectivity index (χ2v) is 5.66. The molecule has 1 aromatic carbocycles. The Bertz CT molecular complexity index is 492. The molecule has 1 saturated carbocycles. The van der Waals surface area contributed by atoms with E-state index in [1.165, 1.54) is 17.7 Å². The third-order valence-electron chi connectivity index (χ3n) is 3.23. The summed E-state index contributed by atoms with van der Waals surface area (Å²) in [5.41, 5.74) is 2.63. The molecule has 2 atom stereocenters. The third-order valence-corrected chi connectivity index (χ3v) is 4.05. The van der Waals surface area contributed by atoms with Gasteiger partial charge in [0, 0.05) is 23.9 Å². The molecule has 3 rings (SSSR count). The normalized spacial score (nSPS) is 22.6. The first-order valence-corrected chi connectivity index (χ1v) is 6.90. The fourth-order valence-corrected chi connectivity index (χ4v) is 2.83. The summed E-state index contributed by atoms with van der Waals surface area (Å²) in [6, 6.07) is 11.4. The van der Waals surface area contributed by atoms with Gasteiger partial charge in [0.25, 0.3) is 0 Å². The van der Waals surface area contributed by atoms with Gasteiger partial charge in [-0.05, 0) is 18.9 Å². The van der Waals surface area contributed by atoms with Gasteiger partial charge in [-0.3, -0.25) is 0 Å². The van der Waals surface area contributed by atoms with Crippen LogP contribution in [0.4, 0.5) is 0 Å². The van der Waals surface area contributed by atoms with Crippen LogP contribution in [0.1, 0.15) is 28.6 Å². The molecule has 1 N–H and O–H groups in total. The van der Waals surface area contributed by atoms with Crippen molar-refractivity contribution in [2.24, 2.45) is 0 Å². The van der Waals surface area contributed by atoms with Gasteiger partial charge in [0.05, 0.1) is 10.7 Å². The van der Waals surface area contributed by atoms with E-state index >= 15 is 0 Å². The number of aromatic nitrogens is 1. The van der Waals surface area contributed by atoms with Crippen LogP contribution in [-0.2, 0) is 6.54 Å². The molecule has 0 aliphatic heterocycles. The minimum absolute atomic E-state index is 0.638. The van der Waals surface area contributed by atoms with Crippen molar-refractivity contribution in [2.45, 2.75) is 31.8 Å². The highest BCUT2D eigenvalue weighted by atomic mass is 32.1. The monoisotopic (exact) mass is 244 g/mol. The molecular weight excluding hydrogens is 228 g/mol. The van der Waals surface area contributed by atoms with Crippen molar-refractivity contribution in [3.8, 4) is 0 Å². The number of benzene rings is 1. The molecule has 1 aliphatic rings. The zero-order valence-electron chi connectivity index (χ0n) is 9.89. The molecule has 2 aromatic rings. The summed E-state index contributed by atoms with van der Waals surface area (Å²) in [6.45, 7) is 2.95. The number of hydrogen-bond donors (Lipinski definition) is 1. The van der Waals surface area contributed by atoms with Gasteiger partial charge in [-0.15, -0.1) is 11.3 Å². The van der Waals surface area contributed by atoms with E-state index in [1.807, 2.05) is 0 Å². The number of hydrogen-bond acceptors (Lipinski definition) is 3. The van der Waals surface area contributed by atoms with Crippen LogP contribution in [0, 0.1) is 6.92 Å². The maximum atomic E-state index is 4.46. The average Bonchev–Trinajstić information content (AvgIpc) is 3.03. The molecule has 2 unspecified atom stereocenters. The third kappa shape index (κ3) is 2.56. The van der Waals surface area contributed by atoms with Gasteiger partial charge in [0.15, 0.2) is 0 Å². The second-order valence-electron chi connectivity index (χ2n) is 4.60. The van der Waals surface area contributed by atoms with Crippen molar-refractivity contribution in [1.82, 2.24) is 10.3 Å². The Balaban J connectivity index is 1.53. The molecular formula is C14H16N2S. The summed E-state index contributed by atoms with van der Waals surface area (Å²) in [4.78, 5) is 4.46. The highest BCUT2D eigenvalue weighted by molar-refractivity contribution is 7.09. The van der Waals surface area contributed by atoms with Gasteiger partial charge < -0.3 is 5.32 Å². The fourth-order valence-electron chi connectivity index (χ4n) is 2.21. The summed E-state index contributed by atoms with van der Waals surface area (Å²) >= 11 is 1.72. The lowest BCUT2D eigenvalue weighted by Gasteiger charge is -2.02.